The van der Waals surface area contributed by atoms with Crippen LogP contribution in [0, 0.1) is 11.8 Å². The Labute approximate surface area is 303 Å². The molecule has 2 amide bonds. The predicted molar refractivity (Wildman–Crippen MR) is 198 cm³/mol. The minimum atomic E-state index is -0.992. The van der Waals surface area contributed by atoms with Crippen LogP contribution in [0.15, 0.2) is 85.1 Å². The Morgan fingerprint density at radius 2 is 1.67 bits per heavy atom. The summed E-state index contributed by atoms with van der Waals surface area (Å²) in [6.07, 6.45) is 4.99. The van der Waals surface area contributed by atoms with Gasteiger partial charge in [-0.25, -0.2) is 15.0 Å². The summed E-state index contributed by atoms with van der Waals surface area (Å²) in [5.74, 6) is 0.815. The molecule has 1 aliphatic carbocycles. The molecule has 266 valence electrons. The second-order valence-electron chi connectivity index (χ2n) is 12.8. The molecule has 1 saturated carbocycles. The molecule has 0 saturated heterocycles. The topological polar surface area (TPSA) is 182 Å². The van der Waals surface area contributed by atoms with E-state index in [4.69, 9.17) is 16.2 Å². The number of benzene rings is 3. The van der Waals surface area contributed by atoms with Gasteiger partial charge in [-0.15, -0.1) is 17.5 Å². The molecule has 5 aromatic rings. The highest BCUT2D eigenvalue weighted by Crippen LogP contribution is 2.33. The lowest BCUT2D eigenvalue weighted by molar-refractivity contribution is -0.130. The number of nitrogens with one attached hydrogen (secondary N) is 1. The van der Waals surface area contributed by atoms with E-state index in [1.54, 1.807) is 30.5 Å². The number of amides is 2. The van der Waals surface area contributed by atoms with E-state index in [-0.39, 0.29) is 30.7 Å². The first-order chi connectivity index (χ1) is 24.3. The summed E-state index contributed by atoms with van der Waals surface area (Å²) in [5.41, 5.74) is 17.1. The fraction of sp³-hybridized carbons (Fsp3) is 0.324. The first-order valence-corrected chi connectivity index (χ1v) is 16.8. The molecular weight excluding hydrogens is 668 g/mol. The van der Waals surface area contributed by atoms with Crippen molar-refractivity contribution in [3.05, 3.63) is 96.2 Å². The number of aromatic amines is 1. The van der Waals surface area contributed by atoms with E-state index in [2.05, 4.69) is 30.6 Å². The Hall–Kier alpha value is -5.24. The minimum Gasteiger partial charge on any atom is -0.472 e. The number of aromatic nitrogens is 6. The largest absolute Gasteiger partial charge is 0.472 e. The lowest BCUT2D eigenvalue weighted by atomic mass is 9.81. The molecular formula is C37H43ClN10O3. The van der Waals surface area contributed by atoms with Gasteiger partial charge in [0.15, 0.2) is 5.82 Å². The third-order valence-corrected chi connectivity index (χ3v) is 9.08. The molecule has 6 rings (SSSR count). The molecule has 14 heteroatoms. The summed E-state index contributed by atoms with van der Waals surface area (Å²) < 4.78 is 6.22. The molecule has 2 heterocycles. The fourth-order valence-corrected chi connectivity index (χ4v) is 6.22. The minimum absolute atomic E-state index is 0. The van der Waals surface area contributed by atoms with Crippen LogP contribution in [0.4, 0.5) is 11.6 Å². The van der Waals surface area contributed by atoms with Crippen molar-refractivity contribution in [2.75, 3.05) is 30.4 Å². The zero-order valence-electron chi connectivity index (χ0n) is 28.7. The van der Waals surface area contributed by atoms with Crippen molar-refractivity contribution in [1.82, 2.24) is 30.6 Å². The van der Waals surface area contributed by atoms with Gasteiger partial charge in [0, 0.05) is 31.8 Å². The van der Waals surface area contributed by atoms with Gasteiger partial charge in [-0.05, 0) is 95.9 Å². The molecule has 13 nitrogen and oxygen atoms in total. The number of carbonyl (C=O) groups excluding carboxylic acids is 2. The van der Waals surface area contributed by atoms with E-state index in [1.807, 2.05) is 73.6 Å². The van der Waals surface area contributed by atoms with Gasteiger partial charge in [0.05, 0.1) is 17.3 Å². The van der Waals surface area contributed by atoms with Crippen LogP contribution in [-0.2, 0) is 22.6 Å². The lowest BCUT2D eigenvalue weighted by Gasteiger charge is -2.32. The average Bonchev–Trinajstić information content (AvgIpc) is 3.70. The molecule has 1 fully saturated rings. The molecule has 0 aliphatic heterocycles. The van der Waals surface area contributed by atoms with Crippen molar-refractivity contribution in [2.45, 2.75) is 44.8 Å². The normalized spacial score (nSPS) is 16.1. The van der Waals surface area contributed by atoms with Crippen molar-refractivity contribution >= 4 is 35.9 Å². The van der Waals surface area contributed by atoms with Gasteiger partial charge in [0.1, 0.15) is 6.61 Å². The number of nitrogens with two attached hydrogens (primary N) is 2. The van der Waals surface area contributed by atoms with Crippen molar-refractivity contribution in [3.63, 3.8) is 0 Å². The Morgan fingerprint density at radius 3 is 2.33 bits per heavy atom. The second-order valence-corrected chi connectivity index (χ2v) is 12.8. The Kier molecular flexibility index (Phi) is 12.4. The highest BCUT2D eigenvalue weighted by molar-refractivity contribution is 6.17. The number of nitrogens with zero attached hydrogens (tertiary/aromatic N) is 7. The van der Waals surface area contributed by atoms with E-state index >= 15 is 0 Å². The first-order valence-electron chi connectivity index (χ1n) is 16.8. The van der Waals surface area contributed by atoms with Crippen LogP contribution in [0.25, 0.3) is 22.5 Å². The highest BCUT2D eigenvalue weighted by Gasteiger charge is 2.35. The van der Waals surface area contributed by atoms with Crippen LogP contribution in [0.3, 0.4) is 0 Å². The van der Waals surface area contributed by atoms with Gasteiger partial charge in [-0.2, -0.15) is 4.98 Å². The van der Waals surface area contributed by atoms with Crippen molar-refractivity contribution in [3.8, 4) is 28.4 Å². The summed E-state index contributed by atoms with van der Waals surface area (Å²) in [5, 5.41) is 13.9. The quantitative estimate of drug-likeness (QED) is 0.165. The van der Waals surface area contributed by atoms with Gasteiger partial charge < -0.3 is 21.1 Å². The Balaban J connectivity index is 0.00000504. The number of hydrogen-bond acceptors (Lipinski definition) is 11. The van der Waals surface area contributed by atoms with Crippen molar-refractivity contribution in [2.24, 2.45) is 23.3 Å². The monoisotopic (exact) mass is 710 g/mol. The maximum absolute atomic E-state index is 14.2. The number of rotatable bonds is 12. The molecule has 0 radical (unpaired) electrons. The zero-order valence-corrected chi connectivity index (χ0v) is 29.5. The van der Waals surface area contributed by atoms with E-state index in [0.29, 0.717) is 60.8 Å². The first kappa shape index (κ1) is 37.0. The summed E-state index contributed by atoms with van der Waals surface area (Å²) in [4.78, 5) is 40.5. The Bertz CT molecular complexity index is 1880. The molecule has 1 atom stereocenters. The van der Waals surface area contributed by atoms with Gasteiger partial charge in [-0.3, -0.25) is 9.59 Å². The highest BCUT2D eigenvalue weighted by atomic mass is 35.5. The van der Waals surface area contributed by atoms with Crippen molar-refractivity contribution in [1.29, 1.82) is 0 Å². The van der Waals surface area contributed by atoms with Gasteiger partial charge >= 0.3 is 0 Å². The van der Waals surface area contributed by atoms with Crippen LogP contribution in [0.1, 0.15) is 36.8 Å². The molecule has 0 bridgehead atoms. The number of ether oxygens (including phenoxy) is 1. The zero-order chi connectivity index (χ0) is 35.0. The number of H-pyrrole nitrogens is 1. The summed E-state index contributed by atoms with van der Waals surface area (Å²) in [6.45, 7) is 0.933. The van der Waals surface area contributed by atoms with E-state index in [9.17, 15) is 9.59 Å². The maximum atomic E-state index is 14.2. The SMILES string of the molecule is CN(C)c1ncc(-c2cccc(C[C@H](N)C(=O)N(c3ccc(-c4nnn[nH]4)cc3)C(=O)[C@H]3CC[C@H](CN)CC3)c2)c(OCc2ccccc2)n1.Cl. The summed E-state index contributed by atoms with van der Waals surface area (Å²) in [6, 6.07) is 23.6. The van der Waals surface area contributed by atoms with Crippen LogP contribution >= 0.6 is 12.4 Å². The Morgan fingerprint density at radius 1 is 0.941 bits per heavy atom. The number of hydrogen-bond donors (Lipinski definition) is 3. The molecule has 2 aromatic heterocycles. The standard InChI is InChI=1S/C37H42N10O3.ClH/c1-46(2)37-40-22-31(34(41-37)50-23-25-7-4-3-5-8-25)29-10-6-9-26(19-29)20-32(39)36(49)47(35(48)28-13-11-24(21-38)12-14-28)30-17-15-27(16-18-30)33-42-44-45-43-33;/h3-10,15-19,22,24,28,32H,11-14,20-21,23,38-39H2,1-2H3,(H,42,43,44,45);1H/t24-,28-,32-;/m0./s1. The molecule has 0 spiro atoms. The molecule has 51 heavy (non-hydrogen) atoms. The lowest BCUT2D eigenvalue weighted by Crippen LogP contribution is -2.50. The molecule has 0 unspecified atom stereocenters. The third kappa shape index (κ3) is 8.92. The smallest absolute Gasteiger partial charge is 0.251 e. The number of tetrazole rings is 1. The third-order valence-electron chi connectivity index (χ3n) is 9.08. The number of anilines is 2. The van der Waals surface area contributed by atoms with E-state index < -0.39 is 11.9 Å². The van der Waals surface area contributed by atoms with Crippen LogP contribution in [0.5, 0.6) is 5.88 Å². The van der Waals surface area contributed by atoms with Crippen LogP contribution in [0.2, 0.25) is 0 Å². The summed E-state index contributed by atoms with van der Waals surface area (Å²) in [7, 11) is 3.74. The van der Waals surface area contributed by atoms with E-state index in [0.717, 1.165) is 35.1 Å². The predicted octanol–water partition coefficient (Wildman–Crippen LogP) is 4.59. The van der Waals surface area contributed by atoms with Gasteiger partial charge in [0.25, 0.3) is 5.91 Å². The molecule has 5 N–H and O–H groups in total. The van der Waals surface area contributed by atoms with Gasteiger partial charge in [0.2, 0.25) is 17.7 Å². The average molecular weight is 711 g/mol. The number of halogens is 1. The maximum Gasteiger partial charge on any atom is 0.251 e. The number of carbonyl (C=O) groups is 2. The van der Waals surface area contributed by atoms with Crippen LogP contribution in [-0.4, -0.2) is 69.1 Å². The van der Waals surface area contributed by atoms with Crippen molar-refractivity contribution < 1.29 is 14.3 Å². The fourth-order valence-electron chi connectivity index (χ4n) is 6.22. The van der Waals surface area contributed by atoms with Gasteiger partial charge in [-0.1, -0.05) is 54.6 Å². The number of imide groups is 1. The van der Waals surface area contributed by atoms with Crippen LogP contribution < -0.4 is 26.0 Å². The second kappa shape index (κ2) is 17.1. The molecule has 1 aliphatic rings. The van der Waals surface area contributed by atoms with E-state index in [1.165, 1.54) is 4.90 Å². The molecule has 3 aromatic carbocycles. The summed E-state index contributed by atoms with van der Waals surface area (Å²) >= 11 is 0.